The Kier molecular flexibility index (Phi) is 5.25. The molecule has 4 nitrogen and oxygen atoms in total. The minimum absolute atomic E-state index is 0.0150. The predicted octanol–water partition coefficient (Wildman–Crippen LogP) is 1.66. The Bertz CT molecular complexity index is 354. The van der Waals surface area contributed by atoms with E-state index in [0.717, 1.165) is 6.08 Å². The summed E-state index contributed by atoms with van der Waals surface area (Å²) in [5.74, 6) is -1.27. The summed E-state index contributed by atoms with van der Waals surface area (Å²) in [4.78, 5) is 24.6. The number of carbonyl (C=O) groups is 2. The number of carbonyl (C=O) groups excluding carboxylic acids is 2. The van der Waals surface area contributed by atoms with Crippen LogP contribution >= 0.6 is 0 Å². The first kappa shape index (κ1) is 14.6. The average molecular weight is 260 g/mol. The highest BCUT2D eigenvalue weighted by Gasteiger charge is 2.30. The Morgan fingerprint density at radius 1 is 1.61 bits per heavy atom. The van der Waals surface area contributed by atoms with Crippen LogP contribution in [0, 0.1) is 5.92 Å². The molecular weight excluding hydrogens is 242 g/mol. The lowest BCUT2D eigenvalue weighted by molar-refractivity contribution is -0.139. The molecule has 1 saturated heterocycles. The highest BCUT2D eigenvalue weighted by Crippen LogP contribution is 2.23. The van der Waals surface area contributed by atoms with Crippen molar-refractivity contribution in [2.24, 2.45) is 11.7 Å². The van der Waals surface area contributed by atoms with E-state index in [-0.39, 0.29) is 12.3 Å². The van der Waals surface area contributed by atoms with Gasteiger partial charge in [-0.15, -0.1) is 0 Å². The van der Waals surface area contributed by atoms with E-state index in [1.165, 1.54) is 4.90 Å². The Labute approximate surface area is 105 Å². The van der Waals surface area contributed by atoms with Gasteiger partial charge >= 0.3 is 0 Å². The second-order valence-corrected chi connectivity index (χ2v) is 4.48. The molecule has 2 atom stereocenters. The molecule has 2 N–H and O–H groups in total. The molecular formula is C12H18F2N2O2. The second-order valence-electron chi connectivity index (χ2n) is 4.48. The minimum Gasteiger partial charge on any atom is -0.368 e. The zero-order valence-electron chi connectivity index (χ0n) is 10.4. The van der Waals surface area contributed by atoms with Crippen molar-refractivity contribution in [3.63, 3.8) is 0 Å². The number of nitrogens with zero attached hydrogens (tertiary/aromatic N) is 1. The number of primary amides is 1. The van der Waals surface area contributed by atoms with Crippen LogP contribution in [0.15, 0.2) is 12.2 Å². The average Bonchev–Trinajstić information content (AvgIpc) is 2.41. The molecule has 0 aromatic carbocycles. The van der Waals surface area contributed by atoms with Crippen molar-refractivity contribution in [1.29, 1.82) is 0 Å². The summed E-state index contributed by atoms with van der Waals surface area (Å²) in [7, 11) is 0. The van der Waals surface area contributed by atoms with Crippen molar-refractivity contribution < 1.29 is 18.4 Å². The fourth-order valence-electron chi connectivity index (χ4n) is 2.32. The Balaban J connectivity index is 2.78. The van der Waals surface area contributed by atoms with E-state index in [0.29, 0.717) is 25.8 Å². The van der Waals surface area contributed by atoms with Gasteiger partial charge in [0.15, 0.2) is 0 Å². The number of nitrogens with two attached hydrogens (primary N) is 1. The van der Waals surface area contributed by atoms with Crippen molar-refractivity contribution in [2.75, 3.05) is 6.54 Å². The molecule has 0 aromatic rings. The summed E-state index contributed by atoms with van der Waals surface area (Å²) < 4.78 is 24.4. The minimum atomic E-state index is -1.76. The third-order valence-electron chi connectivity index (χ3n) is 3.18. The number of hydrogen-bond acceptors (Lipinski definition) is 2. The van der Waals surface area contributed by atoms with E-state index in [1.807, 2.05) is 0 Å². The van der Waals surface area contributed by atoms with Crippen LogP contribution in [0.2, 0.25) is 0 Å². The normalized spacial score (nSPS) is 22.3. The van der Waals surface area contributed by atoms with Gasteiger partial charge in [-0.3, -0.25) is 9.59 Å². The molecule has 0 bridgehead atoms. The maximum Gasteiger partial charge on any atom is 0.266 e. The molecule has 1 aliphatic rings. The van der Waals surface area contributed by atoms with Gasteiger partial charge in [0.1, 0.15) is 6.04 Å². The van der Waals surface area contributed by atoms with Gasteiger partial charge in [0.2, 0.25) is 11.8 Å². The molecule has 0 spiro atoms. The quantitative estimate of drug-likeness (QED) is 0.835. The summed E-state index contributed by atoms with van der Waals surface area (Å²) in [6.45, 7) is 2.17. The van der Waals surface area contributed by atoms with Crippen molar-refractivity contribution in [2.45, 2.75) is 38.6 Å². The van der Waals surface area contributed by atoms with Crippen LogP contribution < -0.4 is 5.73 Å². The highest BCUT2D eigenvalue weighted by atomic mass is 19.3. The van der Waals surface area contributed by atoms with E-state index < -0.39 is 23.9 Å². The zero-order chi connectivity index (χ0) is 13.7. The first-order valence-corrected chi connectivity index (χ1v) is 6.07. The molecule has 0 saturated carbocycles. The van der Waals surface area contributed by atoms with Crippen LogP contribution in [0.25, 0.3) is 0 Å². The molecule has 0 aliphatic carbocycles. The summed E-state index contributed by atoms with van der Waals surface area (Å²) >= 11 is 0. The van der Waals surface area contributed by atoms with E-state index in [4.69, 9.17) is 5.73 Å². The molecule has 1 heterocycles. The van der Waals surface area contributed by atoms with Crippen LogP contribution in [-0.4, -0.2) is 29.3 Å². The molecule has 0 aromatic heterocycles. The van der Waals surface area contributed by atoms with E-state index >= 15 is 0 Å². The van der Waals surface area contributed by atoms with Crippen molar-refractivity contribution in [3.05, 3.63) is 12.2 Å². The van der Waals surface area contributed by atoms with E-state index in [1.54, 1.807) is 6.92 Å². The first-order valence-electron chi connectivity index (χ1n) is 6.07. The largest absolute Gasteiger partial charge is 0.368 e. The topological polar surface area (TPSA) is 63.4 Å². The molecule has 1 fully saturated rings. The molecule has 6 heteroatoms. The van der Waals surface area contributed by atoms with Gasteiger partial charge in [-0.05, 0) is 31.3 Å². The molecule has 1 aliphatic heterocycles. The second kappa shape index (κ2) is 6.47. The summed E-state index contributed by atoms with van der Waals surface area (Å²) in [5.41, 5.74) is 5.24. The lowest BCUT2D eigenvalue weighted by Gasteiger charge is -2.27. The lowest BCUT2D eigenvalue weighted by Crippen LogP contribution is -2.47. The van der Waals surface area contributed by atoms with Gasteiger partial charge in [0, 0.05) is 13.0 Å². The highest BCUT2D eigenvalue weighted by molar-refractivity contribution is 5.86. The third kappa shape index (κ3) is 3.78. The first-order chi connectivity index (χ1) is 8.45. The Hall–Kier alpha value is -1.46. The fourth-order valence-corrected chi connectivity index (χ4v) is 2.32. The predicted molar refractivity (Wildman–Crippen MR) is 62.6 cm³/mol. The monoisotopic (exact) mass is 260 g/mol. The molecule has 2 unspecified atom stereocenters. The number of allylic oxidation sites excluding steroid dienone is 1. The van der Waals surface area contributed by atoms with Crippen LogP contribution in [0.3, 0.4) is 0 Å². The smallest absolute Gasteiger partial charge is 0.266 e. The van der Waals surface area contributed by atoms with E-state index in [2.05, 4.69) is 0 Å². The van der Waals surface area contributed by atoms with E-state index in [9.17, 15) is 18.4 Å². The fraction of sp³-hybridized carbons (Fsp3) is 0.667. The Morgan fingerprint density at radius 3 is 2.78 bits per heavy atom. The summed E-state index contributed by atoms with van der Waals surface area (Å²) in [6.07, 6.45) is 0.647. The van der Waals surface area contributed by atoms with Gasteiger partial charge in [-0.25, -0.2) is 0 Å². The van der Waals surface area contributed by atoms with Crippen molar-refractivity contribution in [1.82, 2.24) is 4.90 Å². The van der Waals surface area contributed by atoms with Gasteiger partial charge in [-0.2, -0.15) is 8.78 Å². The number of hydrogen-bond donors (Lipinski definition) is 1. The number of amides is 2. The van der Waals surface area contributed by atoms with Crippen molar-refractivity contribution >= 4 is 11.8 Å². The van der Waals surface area contributed by atoms with Gasteiger partial charge in [-0.1, -0.05) is 6.92 Å². The molecule has 102 valence electrons. The SMILES string of the molecule is CCC(C(N)=O)N1CCCC(C=C(F)F)CC1=O. The lowest BCUT2D eigenvalue weighted by atomic mass is 10.0. The van der Waals surface area contributed by atoms with Gasteiger partial charge in [0.25, 0.3) is 6.08 Å². The van der Waals surface area contributed by atoms with Crippen LogP contribution in [-0.2, 0) is 9.59 Å². The standard InChI is InChI=1S/C12H18F2N2O2/c1-2-9(12(15)18)16-5-3-4-8(6-10(13)14)7-11(16)17/h6,8-9H,2-5,7H2,1H3,(H2,15,18). The molecule has 0 radical (unpaired) electrons. The maximum atomic E-state index is 12.2. The van der Waals surface area contributed by atoms with Gasteiger partial charge < -0.3 is 10.6 Å². The summed E-state index contributed by atoms with van der Waals surface area (Å²) in [5, 5.41) is 0. The van der Waals surface area contributed by atoms with Crippen LogP contribution in [0.1, 0.15) is 32.6 Å². The zero-order valence-corrected chi connectivity index (χ0v) is 10.4. The summed E-state index contributed by atoms with van der Waals surface area (Å²) in [6, 6.07) is -0.629. The van der Waals surface area contributed by atoms with Crippen molar-refractivity contribution in [3.8, 4) is 0 Å². The molecule has 2 amide bonds. The van der Waals surface area contributed by atoms with Gasteiger partial charge in [0.05, 0.1) is 0 Å². The maximum absolute atomic E-state index is 12.2. The van der Waals surface area contributed by atoms with Crippen LogP contribution in [0.4, 0.5) is 8.78 Å². The number of halogens is 2. The Morgan fingerprint density at radius 2 is 2.28 bits per heavy atom. The molecule has 18 heavy (non-hydrogen) atoms. The van der Waals surface area contributed by atoms with Crippen LogP contribution in [0.5, 0.6) is 0 Å². The number of rotatable bonds is 4. The third-order valence-corrected chi connectivity index (χ3v) is 3.18. The molecule has 1 rings (SSSR count). The number of likely N-dealkylation sites (tertiary alicyclic amines) is 1.